The number of carbonyl (C=O) groups excluding carboxylic acids is 1. The molecule has 7 nitrogen and oxygen atoms in total. The van der Waals surface area contributed by atoms with Gasteiger partial charge in [-0.25, -0.2) is 9.78 Å². The third-order valence-electron chi connectivity index (χ3n) is 4.33. The van der Waals surface area contributed by atoms with E-state index in [0.717, 1.165) is 18.5 Å². The molecule has 2 rings (SSSR count). The highest BCUT2D eigenvalue weighted by molar-refractivity contribution is 5.68. The Kier molecular flexibility index (Phi) is 5.87. The number of hydrogen-bond donors (Lipinski definition) is 2. The number of aromatic nitrogens is 2. The lowest BCUT2D eigenvalue weighted by molar-refractivity contribution is 0.0196. The molecule has 1 saturated heterocycles. The molecule has 0 aliphatic carbocycles. The lowest BCUT2D eigenvalue weighted by atomic mass is 10.0. The summed E-state index contributed by atoms with van der Waals surface area (Å²) < 4.78 is 5.42. The van der Waals surface area contributed by atoms with Gasteiger partial charge in [-0.05, 0) is 54.4 Å². The molecule has 1 unspecified atom stereocenters. The summed E-state index contributed by atoms with van der Waals surface area (Å²) in [7, 11) is 0. The highest BCUT2D eigenvalue weighted by Crippen LogP contribution is 2.19. The molecule has 2 heterocycles. The number of likely N-dealkylation sites (tertiary alicyclic amines) is 1. The van der Waals surface area contributed by atoms with Crippen LogP contribution in [0.2, 0.25) is 0 Å². The van der Waals surface area contributed by atoms with Crippen molar-refractivity contribution in [3.63, 3.8) is 0 Å². The van der Waals surface area contributed by atoms with Crippen molar-refractivity contribution < 1.29 is 9.53 Å². The van der Waals surface area contributed by atoms with Gasteiger partial charge in [-0.3, -0.25) is 4.79 Å². The Hall–Kier alpha value is -1.89. The van der Waals surface area contributed by atoms with Crippen molar-refractivity contribution in [1.82, 2.24) is 20.2 Å². The summed E-state index contributed by atoms with van der Waals surface area (Å²) >= 11 is 0. The standard InChI is InChI=1S/C18H30N4O3/c1-11-15(16(23)21-13(3)19-11)12(2)20-14-7-9-22(10-8-14)17(24)25-18(4,5)6/h12,14,20H,7-10H2,1-6H3,(H,19,21,23). The number of piperidine rings is 1. The molecule has 1 fully saturated rings. The van der Waals surface area contributed by atoms with Gasteiger partial charge in [0.2, 0.25) is 0 Å². The second kappa shape index (κ2) is 7.56. The summed E-state index contributed by atoms with van der Waals surface area (Å²) in [6.07, 6.45) is 1.41. The van der Waals surface area contributed by atoms with Crippen LogP contribution in [0.3, 0.4) is 0 Å². The second-order valence-electron chi connectivity index (χ2n) is 7.78. The van der Waals surface area contributed by atoms with Crippen LogP contribution in [0.5, 0.6) is 0 Å². The van der Waals surface area contributed by atoms with E-state index in [0.29, 0.717) is 24.5 Å². The number of amides is 1. The number of carbonyl (C=O) groups is 1. The van der Waals surface area contributed by atoms with Crippen LogP contribution in [0, 0.1) is 13.8 Å². The predicted molar refractivity (Wildman–Crippen MR) is 96.7 cm³/mol. The molecule has 1 aromatic rings. The molecule has 0 bridgehead atoms. The summed E-state index contributed by atoms with van der Waals surface area (Å²) in [5, 5.41) is 3.51. The van der Waals surface area contributed by atoms with E-state index in [-0.39, 0.29) is 23.7 Å². The highest BCUT2D eigenvalue weighted by Gasteiger charge is 2.28. The zero-order valence-corrected chi connectivity index (χ0v) is 16.1. The number of nitrogens with one attached hydrogen (secondary N) is 2. The Balaban J connectivity index is 1.92. The van der Waals surface area contributed by atoms with Gasteiger partial charge in [0, 0.05) is 30.9 Å². The smallest absolute Gasteiger partial charge is 0.410 e. The minimum atomic E-state index is -0.475. The topological polar surface area (TPSA) is 87.3 Å². The Bertz CT molecular complexity index is 670. The molecule has 1 aliphatic heterocycles. The summed E-state index contributed by atoms with van der Waals surface area (Å²) in [5.74, 6) is 0.629. The molecular weight excluding hydrogens is 320 g/mol. The molecule has 2 N–H and O–H groups in total. The predicted octanol–water partition coefficient (Wildman–Crippen LogP) is 2.44. The zero-order valence-electron chi connectivity index (χ0n) is 16.1. The van der Waals surface area contributed by atoms with E-state index >= 15 is 0 Å². The van der Waals surface area contributed by atoms with Gasteiger partial charge in [0.05, 0.1) is 5.56 Å². The minimum absolute atomic E-state index is 0.0869. The first-order valence-electron chi connectivity index (χ1n) is 8.88. The van der Waals surface area contributed by atoms with Gasteiger partial charge in [0.15, 0.2) is 0 Å². The molecule has 1 aliphatic rings. The number of rotatable bonds is 3. The van der Waals surface area contributed by atoms with E-state index in [1.807, 2.05) is 34.6 Å². The van der Waals surface area contributed by atoms with Crippen LogP contribution < -0.4 is 10.9 Å². The maximum atomic E-state index is 12.2. The first kappa shape index (κ1) is 19.4. The number of ether oxygens (including phenoxy) is 1. The molecule has 7 heteroatoms. The maximum absolute atomic E-state index is 12.2. The minimum Gasteiger partial charge on any atom is -0.444 e. The number of aryl methyl sites for hydroxylation is 2. The maximum Gasteiger partial charge on any atom is 0.410 e. The summed E-state index contributed by atoms with van der Waals surface area (Å²) in [4.78, 5) is 33.2. The molecule has 25 heavy (non-hydrogen) atoms. The molecule has 0 aromatic carbocycles. The zero-order chi connectivity index (χ0) is 18.8. The molecule has 1 aromatic heterocycles. The highest BCUT2D eigenvalue weighted by atomic mass is 16.6. The van der Waals surface area contributed by atoms with Crippen LogP contribution in [-0.2, 0) is 4.74 Å². The van der Waals surface area contributed by atoms with Crippen molar-refractivity contribution in [3.05, 3.63) is 27.4 Å². The fourth-order valence-corrected chi connectivity index (χ4v) is 3.24. The van der Waals surface area contributed by atoms with Gasteiger partial charge in [-0.1, -0.05) is 0 Å². The van der Waals surface area contributed by atoms with Gasteiger partial charge in [0.25, 0.3) is 5.56 Å². The van der Waals surface area contributed by atoms with E-state index in [1.54, 1.807) is 11.8 Å². The third kappa shape index (κ3) is 5.29. The van der Waals surface area contributed by atoms with Gasteiger partial charge in [-0.2, -0.15) is 0 Å². The lowest BCUT2D eigenvalue weighted by Crippen LogP contribution is -2.47. The average Bonchev–Trinajstić information content (AvgIpc) is 2.44. The van der Waals surface area contributed by atoms with Crippen LogP contribution in [0.1, 0.15) is 63.7 Å². The number of hydrogen-bond acceptors (Lipinski definition) is 5. The van der Waals surface area contributed by atoms with Crippen LogP contribution >= 0.6 is 0 Å². The summed E-state index contributed by atoms with van der Waals surface area (Å²) in [6.45, 7) is 12.5. The Morgan fingerprint density at radius 2 is 1.92 bits per heavy atom. The fourth-order valence-electron chi connectivity index (χ4n) is 3.24. The first-order chi connectivity index (χ1) is 11.6. The quantitative estimate of drug-likeness (QED) is 0.874. The summed E-state index contributed by atoms with van der Waals surface area (Å²) in [5.41, 5.74) is 0.876. The Labute approximate surface area is 149 Å². The van der Waals surface area contributed by atoms with E-state index in [2.05, 4.69) is 15.3 Å². The Morgan fingerprint density at radius 3 is 2.44 bits per heavy atom. The van der Waals surface area contributed by atoms with Crippen molar-refractivity contribution in [2.45, 2.75) is 72.1 Å². The molecule has 1 amide bonds. The first-order valence-corrected chi connectivity index (χ1v) is 8.88. The van der Waals surface area contributed by atoms with Crippen LogP contribution in [0.4, 0.5) is 4.79 Å². The van der Waals surface area contributed by atoms with Crippen molar-refractivity contribution in [1.29, 1.82) is 0 Å². The fraction of sp³-hybridized carbons (Fsp3) is 0.722. The SMILES string of the molecule is Cc1nc(C)c(C(C)NC2CCN(C(=O)OC(C)(C)C)CC2)c(=O)[nH]1. The van der Waals surface area contributed by atoms with E-state index < -0.39 is 5.60 Å². The molecule has 0 radical (unpaired) electrons. The summed E-state index contributed by atoms with van der Waals surface area (Å²) in [6, 6.07) is 0.170. The van der Waals surface area contributed by atoms with Crippen molar-refractivity contribution in [3.8, 4) is 0 Å². The number of aromatic amines is 1. The van der Waals surface area contributed by atoms with Gasteiger partial charge < -0.3 is 19.9 Å². The third-order valence-corrected chi connectivity index (χ3v) is 4.33. The Morgan fingerprint density at radius 1 is 1.32 bits per heavy atom. The molecular formula is C18H30N4O3. The monoisotopic (exact) mass is 350 g/mol. The van der Waals surface area contributed by atoms with Crippen molar-refractivity contribution >= 4 is 6.09 Å². The number of H-pyrrole nitrogens is 1. The average molecular weight is 350 g/mol. The van der Waals surface area contributed by atoms with Crippen LogP contribution in [0.15, 0.2) is 4.79 Å². The van der Waals surface area contributed by atoms with Crippen LogP contribution in [0.25, 0.3) is 0 Å². The molecule has 1 atom stereocenters. The van der Waals surface area contributed by atoms with Crippen molar-refractivity contribution in [2.24, 2.45) is 0 Å². The molecule has 0 saturated carbocycles. The van der Waals surface area contributed by atoms with Crippen LogP contribution in [-0.4, -0.2) is 45.7 Å². The van der Waals surface area contributed by atoms with Gasteiger partial charge in [0.1, 0.15) is 11.4 Å². The lowest BCUT2D eigenvalue weighted by Gasteiger charge is -2.35. The second-order valence-corrected chi connectivity index (χ2v) is 7.78. The molecule has 140 valence electrons. The largest absolute Gasteiger partial charge is 0.444 e. The number of nitrogens with zero attached hydrogens (tertiary/aromatic N) is 2. The van der Waals surface area contributed by atoms with Gasteiger partial charge >= 0.3 is 6.09 Å². The van der Waals surface area contributed by atoms with Gasteiger partial charge in [-0.15, -0.1) is 0 Å². The normalized spacial score (nSPS) is 17.4. The van der Waals surface area contributed by atoms with Crippen molar-refractivity contribution in [2.75, 3.05) is 13.1 Å². The molecule has 0 spiro atoms. The van der Waals surface area contributed by atoms with E-state index in [9.17, 15) is 9.59 Å². The van der Waals surface area contributed by atoms with E-state index in [4.69, 9.17) is 4.74 Å². The van der Waals surface area contributed by atoms with E-state index in [1.165, 1.54) is 0 Å².